The third-order valence-electron chi connectivity index (χ3n) is 3.06. The number of nitrogens with zero attached hydrogens (tertiary/aromatic N) is 2. The van der Waals surface area contributed by atoms with E-state index in [1.165, 1.54) is 36.8 Å². The second-order valence-electron chi connectivity index (χ2n) is 4.15. The molecule has 88 valence electrons. The van der Waals surface area contributed by atoms with Gasteiger partial charge in [-0.1, -0.05) is 17.8 Å². The molecule has 0 spiro atoms. The maximum atomic E-state index is 10.8. The summed E-state index contributed by atoms with van der Waals surface area (Å²) in [6.07, 6.45) is 5.38. The molecule has 5 heteroatoms. The maximum Gasteiger partial charge on any atom is 0.347 e. The predicted molar refractivity (Wildman–Crippen MR) is 64.3 cm³/mol. The zero-order chi connectivity index (χ0) is 11.5. The van der Waals surface area contributed by atoms with Crippen LogP contribution in [0.4, 0.5) is 5.13 Å². The van der Waals surface area contributed by atoms with Gasteiger partial charge in [-0.3, -0.25) is 0 Å². The van der Waals surface area contributed by atoms with Gasteiger partial charge in [0.15, 0.2) is 5.13 Å². The van der Waals surface area contributed by atoms with Crippen molar-refractivity contribution in [3.63, 3.8) is 0 Å². The van der Waals surface area contributed by atoms with Crippen LogP contribution in [0.5, 0.6) is 0 Å². The van der Waals surface area contributed by atoms with Crippen LogP contribution in [0.3, 0.4) is 0 Å². The summed E-state index contributed by atoms with van der Waals surface area (Å²) in [7, 11) is 0. The topological polar surface area (TPSA) is 53.4 Å². The molecule has 0 atom stereocenters. The van der Waals surface area contributed by atoms with E-state index in [1.54, 1.807) is 0 Å². The third kappa shape index (κ3) is 2.35. The van der Waals surface area contributed by atoms with Gasteiger partial charge < -0.3 is 10.0 Å². The molecule has 4 nitrogen and oxygen atoms in total. The number of carbonyl (C=O) groups is 1. The van der Waals surface area contributed by atoms with Gasteiger partial charge in [-0.25, -0.2) is 9.78 Å². The Kier molecular flexibility index (Phi) is 3.43. The lowest BCUT2D eigenvalue weighted by atomic mass is 9.85. The molecule has 1 N–H and O–H groups in total. The van der Waals surface area contributed by atoms with Gasteiger partial charge in [-0.05, 0) is 25.7 Å². The smallest absolute Gasteiger partial charge is 0.347 e. The first-order valence-corrected chi connectivity index (χ1v) is 6.46. The van der Waals surface area contributed by atoms with Gasteiger partial charge in [-0.15, -0.1) is 0 Å². The number of aromatic nitrogens is 1. The molecule has 0 unspecified atom stereocenters. The zero-order valence-electron chi connectivity index (χ0n) is 9.35. The molecule has 2 rings (SSSR count). The van der Waals surface area contributed by atoms with E-state index in [-0.39, 0.29) is 0 Å². The molecule has 0 aliphatic heterocycles. The average Bonchev–Trinajstić information content (AvgIpc) is 2.65. The second kappa shape index (κ2) is 4.82. The van der Waals surface area contributed by atoms with Gasteiger partial charge >= 0.3 is 5.97 Å². The van der Waals surface area contributed by atoms with E-state index in [2.05, 4.69) is 16.8 Å². The van der Waals surface area contributed by atoms with Crippen molar-refractivity contribution in [2.45, 2.75) is 26.2 Å². The van der Waals surface area contributed by atoms with Crippen LogP contribution < -0.4 is 4.90 Å². The number of carboxylic acid groups (broad SMARTS) is 1. The molecule has 0 bridgehead atoms. The highest BCUT2D eigenvalue weighted by atomic mass is 32.1. The highest BCUT2D eigenvalue weighted by Gasteiger charge is 2.22. The molecule has 0 saturated heterocycles. The van der Waals surface area contributed by atoms with E-state index < -0.39 is 5.97 Å². The SMILES string of the molecule is CCN(CC1CCC1)c1ncc(C(=O)O)s1. The van der Waals surface area contributed by atoms with Crippen LogP contribution in [0.2, 0.25) is 0 Å². The summed E-state index contributed by atoms with van der Waals surface area (Å²) < 4.78 is 0. The van der Waals surface area contributed by atoms with Crippen LogP contribution in [0.15, 0.2) is 6.20 Å². The summed E-state index contributed by atoms with van der Waals surface area (Å²) in [5, 5.41) is 9.68. The highest BCUT2D eigenvalue weighted by molar-refractivity contribution is 7.17. The van der Waals surface area contributed by atoms with Crippen LogP contribution in [0.1, 0.15) is 35.9 Å². The minimum Gasteiger partial charge on any atom is -0.477 e. The fourth-order valence-electron chi connectivity index (χ4n) is 1.84. The molecule has 1 fully saturated rings. The molecule has 1 aliphatic carbocycles. The minimum atomic E-state index is -0.886. The van der Waals surface area contributed by atoms with E-state index in [4.69, 9.17) is 5.11 Å². The summed E-state index contributed by atoms with van der Waals surface area (Å²) in [5.41, 5.74) is 0. The molecular weight excluding hydrogens is 224 g/mol. The first kappa shape index (κ1) is 11.4. The summed E-state index contributed by atoms with van der Waals surface area (Å²) >= 11 is 1.27. The fraction of sp³-hybridized carbons (Fsp3) is 0.636. The summed E-state index contributed by atoms with van der Waals surface area (Å²) in [4.78, 5) is 17.5. The quantitative estimate of drug-likeness (QED) is 0.859. The largest absolute Gasteiger partial charge is 0.477 e. The summed E-state index contributed by atoms with van der Waals surface area (Å²) in [6.45, 7) is 3.99. The number of rotatable bonds is 5. The Morgan fingerprint density at radius 2 is 2.44 bits per heavy atom. The maximum absolute atomic E-state index is 10.8. The molecule has 1 aromatic heterocycles. The monoisotopic (exact) mass is 240 g/mol. The van der Waals surface area contributed by atoms with Crippen LogP contribution in [0.25, 0.3) is 0 Å². The Bertz CT molecular complexity index is 374. The van der Waals surface area contributed by atoms with Crippen LogP contribution >= 0.6 is 11.3 Å². The Morgan fingerprint density at radius 1 is 1.69 bits per heavy atom. The lowest BCUT2D eigenvalue weighted by Crippen LogP contribution is -2.32. The highest BCUT2D eigenvalue weighted by Crippen LogP contribution is 2.30. The Balaban J connectivity index is 2.03. The predicted octanol–water partition coefficient (Wildman–Crippen LogP) is 2.47. The number of anilines is 1. The summed E-state index contributed by atoms with van der Waals surface area (Å²) in [6, 6.07) is 0. The van der Waals surface area contributed by atoms with Crippen molar-refractivity contribution in [2.75, 3.05) is 18.0 Å². The number of aromatic carboxylic acids is 1. The fourth-order valence-corrected chi connectivity index (χ4v) is 2.67. The molecule has 16 heavy (non-hydrogen) atoms. The van der Waals surface area contributed by atoms with E-state index in [0.717, 1.165) is 24.1 Å². The molecular formula is C11H16N2O2S. The van der Waals surface area contributed by atoms with Gasteiger partial charge in [0.05, 0.1) is 6.20 Å². The molecule has 1 aliphatic rings. The van der Waals surface area contributed by atoms with Crippen molar-refractivity contribution in [2.24, 2.45) is 5.92 Å². The van der Waals surface area contributed by atoms with Crippen LogP contribution in [0, 0.1) is 5.92 Å². The Labute approximate surface area is 98.9 Å². The number of hydrogen-bond donors (Lipinski definition) is 1. The standard InChI is InChI=1S/C11H16N2O2S/c1-2-13(7-8-4-3-5-8)11-12-6-9(16-11)10(14)15/h6,8H,2-5,7H2,1H3,(H,14,15). The van der Waals surface area contributed by atoms with Crippen molar-refractivity contribution >= 4 is 22.4 Å². The van der Waals surface area contributed by atoms with Gasteiger partial charge in [-0.2, -0.15) is 0 Å². The van der Waals surface area contributed by atoms with Crippen molar-refractivity contribution in [3.05, 3.63) is 11.1 Å². The molecule has 0 amide bonds. The van der Waals surface area contributed by atoms with E-state index in [1.807, 2.05) is 0 Å². The number of carboxylic acids is 1. The first-order valence-electron chi connectivity index (χ1n) is 5.64. The van der Waals surface area contributed by atoms with Crippen molar-refractivity contribution in [1.29, 1.82) is 0 Å². The normalized spacial score (nSPS) is 15.8. The van der Waals surface area contributed by atoms with Gasteiger partial charge in [0.25, 0.3) is 0 Å². The Morgan fingerprint density at radius 3 is 2.88 bits per heavy atom. The third-order valence-corrected chi connectivity index (χ3v) is 4.11. The van der Waals surface area contributed by atoms with Gasteiger partial charge in [0.2, 0.25) is 0 Å². The van der Waals surface area contributed by atoms with Crippen molar-refractivity contribution < 1.29 is 9.90 Å². The molecule has 1 heterocycles. The average molecular weight is 240 g/mol. The molecule has 0 radical (unpaired) electrons. The molecule has 1 saturated carbocycles. The van der Waals surface area contributed by atoms with Gasteiger partial charge in [0, 0.05) is 13.1 Å². The first-order chi connectivity index (χ1) is 7.70. The number of hydrogen-bond acceptors (Lipinski definition) is 4. The minimum absolute atomic E-state index is 0.321. The lowest BCUT2D eigenvalue weighted by molar-refractivity contribution is 0.0702. The summed E-state index contributed by atoms with van der Waals surface area (Å²) in [5.74, 6) is -0.111. The second-order valence-corrected chi connectivity index (χ2v) is 5.16. The van der Waals surface area contributed by atoms with Crippen molar-refractivity contribution in [1.82, 2.24) is 4.98 Å². The lowest BCUT2D eigenvalue weighted by Gasteiger charge is -2.31. The van der Waals surface area contributed by atoms with Crippen molar-refractivity contribution in [3.8, 4) is 0 Å². The molecule has 0 aromatic carbocycles. The number of thiazole rings is 1. The zero-order valence-corrected chi connectivity index (χ0v) is 10.2. The van der Waals surface area contributed by atoms with Crippen LogP contribution in [-0.4, -0.2) is 29.1 Å². The Hall–Kier alpha value is -1.10. The van der Waals surface area contributed by atoms with Gasteiger partial charge in [0.1, 0.15) is 4.88 Å². The van der Waals surface area contributed by atoms with E-state index >= 15 is 0 Å². The van der Waals surface area contributed by atoms with E-state index in [0.29, 0.717) is 4.88 Å². The molecule has 1 aromatic rings. The van der Waals surface area contributed by atoms with Crippen LogP contribution in [-0.2, 0) is 0 Å². The van der Waals surface area contributed by atoms with E-state index in [9.17, 15) is 4.79 Å².